The van der Waals surface area contributed by atoms with Crippen molar-refractivity contribution in [1.82, 2.24) is 19.9 Å². The SMILES string of the molecule is C1=Cc2cc3ccc(cc4nc(cc5ccc(cc1n2)[nH]5)C=C4)[nH]3.O=C(O)CC(=O)O. The van der Waals surface area contributed by atoms with Crippen molar-refractivity contribution in [2.24, 2.45) is 0 Å². The molecular formula is C23H18N4O4. The van der Waals surface area contributed by atoms with Gasteiger partial charge in [0.2, 0.25) is 0 Å². The molecule has 5 heterocycles. The predicted molar refractivity (Wildman–Crippen MR) is 119 cm³/mol. The van der Waals surface area contributed by atoms with Crippen LogP contribution in [-0.2, 0) is 9.59 Å². The minimum absolute atomic E-state index is 0.806. The summed E-state index contributed by atoms with van der Waals surface area (Å²) in [4.78, 5) is 34.9. The third-order valence-corrected chi connectivity index (χ3v) is 4.34. The Morgan fingerprint density at radius 2 is 0.903 bits per heavy atom. The van der Waals surface area contributed by atoms with Crippen LogP contribution in [0.2, 0.25) is 0 Å². The highest BCUT2D eigenvalue weighted by Crippen LogP contribution is 2.16. The molecule has 0 saturated carbocycles. The van der Waals surface area contributed by atoms with Gasteiger partial charge in [0.05, 0.1) is 22.8 Å². The van der Waals surface area contributed by atoms with Gasteiger partial charge in [0.15, 0.2) is 0 Å². The molecule has 8 nitrogen and oxygen atoms in total. The van der Waals surface area contributed by atoms with E-state index in [2.05, 4.69) is 44.2 Å². The van der Waals surface area contributed by atoms with Gasteiger partial charge in [0, 0.05) is 22.1 Å². The largest absolute Gasteiger partial charge is 0.481 e. The van der Waals surface area contributed by atoms with Gasteiger partial charge in [0.1, 0.15) is 6.42 Å². The molecule has 0 aliphatic carbocycles. The van der Waals surface area contributed by atoms with Crippen molar-refractivity contribution < 1.29 is 19.8 Å². The van der Waals surface area contributed by atoms with Crippen LogP contribution in [0.1, 0.15) is 29.2 Å². The maximum Gasteiger partial charge on any atom is 0.314 e. The lowest BCUT2D eigenvalue weighted by atomic mass is 10.3. The van der Waals surface area contributed by atoms with E-state index in [1.807, 2.05) is 48.6 Å². The first-order chi connectivity index (χ1) is 14.9. The van der Waals surface area contributed by atoms with Crippen molar-refractivity contribution in [3.05, 3.63) is 71.3 Å². The second-order valence-electron chi connectivity index (χ2n) is 6.87. The molecule has 5 rings (SSSR count). The minimum Gasteiger partial charge on any atom is -0.481 e. The van der Waals surface area contributed by atoms with E-state index in [0.29, 0.717) is 0 Å². The van der Waals surface area contributed by atoms with Gasteiger partial charge in [-0.25, -0.2) is 9.97 Å². The zero-order valence-electron chi connectivity index (χ0n) is 16.2. The Labute approximate surface area is 176 Å². The molecule has 0 saturated heterocycles. The molecule has 0 amide bonds. The molecular weight excluding hydrogens is 396 g/mol. The van der Waals surface area contributed by atoms with Gasteiger partial charge < -0.3 is 20.2 Å². The molecule has 0 fully saturated rings. The van der Waals surface area contributed by atoms with Crippen molar-refractivity contribution >= 4 is 58.3 Å². The molecule has 8 bridgehead atoms. The molecule has 0 radical (unpaired) electrons. The summed E-state index contributed by atoms with van der Waals surface area (Å²) in [6.45, 7) is 0. The van der Waals surface area contributed by atoms with Crippen LogP contribution in [0.15, 0.2) is 48.5 Å². The van der Waals surface area contributed by atoms with Crippen LogP contribution in [0.4, 0.5) is 0 Å². The number of rotatable bonds is 2. The summed E-state index contributed by atoms with van der Waals surface area (Å²) in [5, 5.41) is 15.4. The number of carbonyl (C=O) groups is 2. The third-order valence-electron chi connectivity index (χ3n) is 4.34. The number of nitrogens with zero attached hydrogens (tertiary/aromatic N) is 2. The Hall–Kier alpha value is -4.46. The number of H-pyrrole nitrogens is 2. The van der Waals surface area contributed by atoms with Gasteiger partial charge in [-0.05, 0) is 72.8 Å². The number of nitrogens with one attached hydrogen (secondary N) is 2. The van der Waals surface area contributed by atoms with E-state index < -0.39 is 18.4 Å². The number of fused-ring (bicyclic) bond motifs is 8. The number of aromatic amines is 2. The van der Waals surface area contributed by atoms with E-state index in [0.717, 1.165) is 44.8 Å². The lowest BCUT2D eigenvalue weighted by molar-refractivity contribution is -0.147. The number of aliphatic carboxylic acids is 2. The fourth-order valence-corrected chi connectivity index (χ4v) is 3.07. The summed E-state index contributed by atoms with van der Waals surface area (Å²) in [6.07, 6.45) is 7.28. The van der Waals surface area contributed by atoms with Gasteiger partial charge in [-0.2, -0.15) is 0 Å². The smallest absolute Gasteiger partial charge is 0.314 e. The van der Waals surface area contributed by atoms with Crippen LogP contribution < -0.4 is 0 Å². The van der Waals surface area contributed by atoms with Crippen molar-refractivity contribution in [1.29, 1.82) is 0 Å². The average Bonchev–Trinajstić information content (AvgIpc) is 3.46. The molecule has 3 aromatic rings. The monoisotopic (exact) mass is 414 g/mol. The summed E-state index contributed by atoms with van der Waals surface area (Å²) in [5.41, 5.74) is 7.86. The van der Waals surface area contributed by atoms with Gasteiger partial charge in [-0.1, -0.05) is 0 Å². The predicted octanol–water partition coefficient (Wildman–Crippen LogP) is 4.20. The highest BCUT2D eigenvalue weighted by molar-refractivity contribution is 5.88. The minimum atomic E-state index is -1.31. The van der Waals surface area contributed by atoms with Crippen LogP contribution in [0.5, 0.6) is 0 Å². The fraction of sp³-hybridized carbons (Fsp3) is 0.0435. The lowest BCUT2D eigenvalue weighted by Gasteiger charge is -1.85. The maximum absolute atomic E-state index is 9.43. The topological polar surface area (TPSA) is 132 Å². The number of carboxylic acid groups (broad SMARTS) is 2. The maximum atomic E-state index is 9.43. The van der Waals surface area contributed by atoms with Gasteiger partial charge in [-0.3, -0.25) is 9.59 Å². The van der Waals surface area contributed by atoms with Gasteiger partial charge >= 0.3 is 11.9 Å². The van der Waals surface area contributed by atoms with E-state index in [1.165, 1.54) is 0 Å². The highest BCUT2D eigenvalue weighted by atomic mass is 16.4. The zero-order valence-corrected chi connectivity index (χ0v) is 16.2. The number of carboxylic acids is 2. The van der Waals surface area contributed by atoms with Crippen molar-refractivity contribution in [2.45, 2.75) is 6.42 Å². The van der Waals surface area contributed by atoms with Crippen LogP contribution in [-0.4, -0.2) is 42.1 Å². The first-order valence-corrected chi connectivity index (χ1v) is 9.41. The van der Waals surface area contributed by atoms with Crippen molar-refractivity contribution in [3.8, 4) is 0 Å². The van der Waals surface area contributed by atoms with E-state index in [1.54, 1.807) is 0 Å². The van der Waals surface area contributed by atoms with Gasteiger partial charge in [-0.15, -0.1) is 0 Å². The van der Waals surface area contributed by atoms with Crippen LogP contribution in [0.3, 0.4) is 0 Å². The first-order valence-electron chi connectivity index (χ1n) is 9.41. The Kier molecular flexibility index (Phi) is 5.44. The molecule has 2 aliphatic heterocycles. The molecule has 4 N–H and O–H groups in total. The zero-order chi connectivity index (χ0) is 21.8. The average molecular weight is 414 g/mol. The summed E-state index contributed by atoms with van der Waals surface area (Å²) in [7, 11) is 0. The van der Waals surface area contributed by atoms with Crippen LogP contribution in [0.25, 0.3) is 46.4 Å². The van der Waals surface area contributed by atoms with E-state index >= 15 is 0 Å². The molecule has 0 unspecified atom stereocenters. The molecule has 0 spiro atoms. The van der Waals surface area contributed by atoms with E-state index in [9.17, 15) is 9.59 Å². The standard InChI is InChI=1S/C20H14N4.C3H4O4/c1-2-14-10-16-5-6-18(23-16)12-20-8-7-19(24-20)11-17-4-3-15(22-17)9-13(1)21-14;4-2(5)1-3(6)7/h1-12,21,24H;1H2,(H,4,5)(H,6,7). The molecule has 8 heteroatoms. The second kappa shape index (κ2) is 8.50. The fourth-order valence-electron chi connectivity index (χ4n) is 3.07. The number of hydrogen-bond donors (Lipinski definition) is 4. The van der Waals surface area contributed by atoms with Crippen molar-refractivity contribution in [2.75, 3.05) is 0 Å². The second-order valence-corrected chi connectivity index (χ2v) is 6.87. The van der Waals surface area contributed by atoms with Crippen LogP contribution >= 0.6 is 0 Å². The molecule has 0 aromatic carbocycles. The Morgan fingerprint density at radius 1 is 0.613 bits per heavy atom. The van der Waals surface area contributed by atoms with E-state index in [-0.39, 0.29) is 0 Å². The highest BCUT2D eigenvalue weighted by Gasteiger charge is 2.02. The molecule has 3 aromatic heterocycles. The normalized spacial score (nSPS) is 11.6. The Morgan fingerprint density at radius 3 is 1.13 bits per heavy atom. The quantitative estimate of drug-likeness (QED) is 0.320. The Bertz CT molecular complexity index is 1190. The lowest BCUT2D eigenvalue weighted by Crippen LogP contribution is -2.03. The summed E-state index contributed by atoms with van der Waals surface area (Å²) >= 11 is 0. The molecule has 154 valence electrons. The number of hydrogen-bond acceptors (Lipinski definition) is 4. The van der Waals surface area contributed by atoms with Crippen molar-refractivity contribution in [3.63, 3.8) is 0 Å². The van der Waals surface area contributed by atoms with Crippen LogP contribution in [0, 0.1) is 0 Å². The van der Waals surface area contributed by atoms with Gasteiger partial charge in [0.25, 0.3) is 0 Å². The third kappa shape index (κ3) is 5.33. The summed E-state index contributed by atoms with van der Waals surface area (Å²) in [5.74, 6) is -2.62. The summed E-state index contributed by atoms with van der Waals surface area (Å²) in [6, 6.07) is 16.4. The van der Waals surface area contributed by atoms with E-state index in [4.69, 9.17) is 10.2 Å². The first kappa shape index (κ1) is 19.8. The molecule has 0 atom stereocenters. The molecule has 31 heavy (non-hydrogen) atoms. The number of aromatic nitrogens is 4. The molecule has 2 aliphatic rings. The Balaban J connectivity index is 0.000000289. The summed E-state index contributed by atoms with van der Waals surface area (Å²) < 4.78 is 0.